The SMILES string of the molecule is Cc1nn(-c2ccccc2[N+](=O)[O-])cc1N. The number of rotatable bonds is 2. The molecule has 2 aromatic rings. The van der Waals surface area contributed by atoms with E-state index in [1.807, 2.05) is 0 Å². The van der Waals surface area contributed by atoms with Crippen LogP contribution < -0.4 is 5.73 Å². The van der Waals surface area contributed by atoms with Crippen LogP contribution in [0.25, 0.3) is 5.69 Å². The molecule has 82 valence electrons. The topological polar surface area (TPSA) is 87.0 Å². The summed E-state index contributed by atoms with van der Waals surface area (Å²) in [6.07, 6.45) is 1.57. The number of nitro benzene ring substituents is 1. The molecule has 0 unspecified atom stereocenters. The lowest BCUT2D eigenvalue weighted by Gasteiger charge is -2.01. The molecule has 1 heterocycles. The number of anilines is 1. The van der Waals surface area contributed by atoms with Gasteiger partial charge in [0.05, 0.1) is 22.5 Å². The molecule has 0 bridgehead atoms. The van der Waals surface area contributed by atoms with Gasteiger partial charge in [0.2, 0.25) is 0 Å². The number of nitrogen functional groups attached to an aromatic ring is 1. The van der Waals surface area contributed by atoms with E-state index in [0.29, 0.717) is 17.1 Å². The Bertz CT molecular complexity index is 528. The van der Waals surface area contributed by atoms with Crippen molar-refractivity contribution < 1.29 is 4.92 Å². The van der Waals surface area contributed by atoms with Crippen molar-refractivity contribution in [3.63, 3.8) is 0 Å². The van der Waals surface area contributed by atoms with Crippen molar-refractivity contribution in [1.82, 2.24) is 9.78 Å². The average molecular weight is 218 g/mol. The first kappa shape index (κ1) is 10.2. The monoisotopic (exact) mass is 218 g/mol. The van der Waals surface area contributed by atoms with E-state index in [1.165, 1.54) is 10.7 Å². The molecule has 2 N–H and O–H groups in total. The number of aryl methyl sites for hydroxylation is 1. The maximum Gasteiger partial charge on any atom is 0.294 e. The summed E-state index contributed by atoms with van der Waals surface area (Å²) in [5, 5.41) is 14.9. The maximum absolute atomic E-state index is 10.8. The molecule has 0 atom stereocenters. The molecule has 0 radical (unpaired) electrons. The smallest absolute Gasteiger partial charge is 0.294 e. The molecule has 0 amide bonds. The van der Waals surface area contributed by atoms with E-state index in [1.54, 1.807) is 31.3 Å². The predicted molar refractivity (Wildman–Crippen MR) is 59.4 cm³/mol. The van der Waals surface area contributed by atoms with Crippen LogP contribution in [0.4, 0.5) is 11.4 Å². The number of hydrogen-bond acceptors (Lipinski definition) is 4. The van der Waals surface area contributed by atoms with Crippen LogP contribution in [0.2, 0.25) is 0 Å². The summed E-state index contributed by atoms with van der Waals surface area (Å²) in [4.78, 5) is 10.4. The lowest BCUT2D eigenvalue weighted by Crippen LogP contribution is -2.00. The number of nitrogens with zero attached hydrogens (tertiary/aromatic N) is 3. The minimum absolute atomic E-state index is 0.00463. The van der Waals surface area contributed by atoms with Crippen LogP contribution in [0.5, 0.6) is 0 Å². The van der Waals surface area contributed by atoms with Crippen molar-refractivity contribution in [2.75, 3.05) is 5.73 Å². The molecule has 2 rings (SSSR count). The van der Waals surface area contributed by atoms with E-state index >= 15 is 0 Å². The Morgan fingerprint density at radius 3 is 2.69 bits per heavy atom. The molecule has 0 spiro atoms. The van der Waals surface area contributed by atoms with Gasteiger partial charge in [0.15, 0.2) is 0 Å². The highest BCUT2D eigenvalue weighted by Crippen LogP contribution is 2.23. The maximum atomic E-state index is 10.8. The van der Waals surface area contributed by atoms with E-state index in [9.17, 15) is 10.1 Å². The number of para-hydroxylation sites is 2. The van der Waals surface area contributed by atoms with Crippen molar-refractivity contribution in [1.29, 1.82) is 0 Å². The van der Waals surface area contributed by atoms with Gasteiger partial charge < -0.3 is 5.73 Å². The first-order valence-corrected chi connectivity index (χ1v) is 4.65. The van der Waals surface area contributed by atoms with Crippen molar-refractivity contribution in [3.8, 4) is 5.69 Å². The fraction of sp³-hybridized carbons (Fsp3) is 0.100. The van der Waals surface area contributed by atoms with Gasteiger partial charge in [-0.2, -0.15) is 5.10 Å². The van der Waals surface area contributed by atoms with Crippen molar-refractivity contribution in [2.24, 2.45) is 0 Å². The Balaban J connectivity index is 2.59. The summed E-state index contributed by atoms with van der Waals surface area (Å²) in [6, 6.07) is 6.39. The molecule has 0 aliphatic rings. The summed E-state index contributed by atoms with van der Waals surface area (Å²) in [7, 11) is 0. The summed E-state index contributed by atoms with van der Waals surface area (Å²) in [5.74, 6) is 0. The average Bonchev–Trinajstić information content (AvgIpc) is 2.59. The van der Waals surface area contributed by atoms with Gasteiger partial charge in [0.1, 0.15) is 5.69 Å². The van der Waals surface area contributed by atoms with Crippen LogP contribution in [0.1, 0.15) is 5.69 Å². The fourth-order valence-corrected chi connectivity index (χ4v) is 1.41. The first-order valence-electron chi connectivity index (χ1n) is 4.65. The van der Waals surface area contributed by atoms with E-state index in [-0.39, 0.29) is 5.69 Å². The highest BCUT2D eigenvalue weighted by Gasteiger charge is 2.15. The van der Waals surface area contributed by atoms with Gasteiger partial charge in [0, 0.05) is 6.07 Å². The number of nitrogens with two attached hydrogens (primary N) is 1. The molecule has 0 saturated heterocycles. The second kappa shape index (κ2) is 3.65. The summed E-state index contributed by atoms with van der Waals surface area (Å²) in [5.41, 5.74) is 7.23. The summed E-state index contributed by atoms with van der Waals surface area (Å²) >= 11 is 0. The molecule has 6 heteroatoms. The predicted octanol–water partition coefficient (Wildman–Crippen LogP) is 1.67. The second-order valence-corrected chi connectivity index (χ2v) is 3.36. The fourth-order valence-electron chi connectivity index (χ4n) is 1.41. The van der Waals surface area contributed by atoms with Crippen LogP contribution >= 0.6 is 0 Å². The van der Waals surface area contributed by atoms with Crippen LogP contribution in [0.3, 0.4) is 0 Å². The molecule has 0 saturated carbocycles. The minimum atomic E-state index is -0.442. The zero-order valence-corrected chi connectivity index (χ0v) is 8.62. The van der Waals surface area contributed by atoms with Gasteiger partial charge >= 0.3 is 0 Å². The van der Waals surface area contributed by atoms with Crippen LogP contribution in [0.15, 0.2) is 30.5 Å². The van der Waals surface area contributed by atoms with E-state index in [2.05, 4.69) is 5.10 Å². The van der Waals surface area contributed by atoms with Crippen LogP contribution in [0, 0.1) is 17.0 Å². The quantitative estimate of drug-likeness (QED) is 0.613. The number of benzene rings is 1. The standard InChI is InChI=1S/C10H10N4O2/c1-7-8(11)6-13(12-7)9-4-2-3-5-10(9)14(15)16/h2-6H,11H2,1H3. The third kappa shape index (κ3) is 1.60. The lowest BCUT2D eigenvalue weighted by atomic mass is 10.3. The van der Waals surface area contributed by atoms with Gasteiger partial charge in [-0.3, -0.25) is 10.1 Å². The summed E-state index contributed by atoms with van der Waals surface area (Å²) in [6.45, 7) is 1.75. The minimum Gasteiger partial charge on any atom is -0.396 e. The molecule has 1 aromatic heterocycles. The Hall–Kier alpha value is -2.37. The molecule has 0 aliphatic carbocycles. The van der Waals surface area contributed by atoms with E-state index < -0.39 is 4.92 Å². The molecular weight excluding hydrogens is 208 g/mol. The van der Waals surface area contributed by atoms with Gasteiger partial charge in [-0.25, -0.2) is 4.68 Å². The van der Waals surface area contributed by atoms with Gasteiger partial charge in [-0.05, 0) is 13.0 Å². The van der Waals surface area contributed by atoms with Crippen molar-refractivity contribution in [3.05, 3.63) is 46.3 Å². The van der Waals surface area contributed by atoms with Gasteiger partial charge in [-0.1, -0.05) is 12.1 Å². The molecular formula is C10H10N4O2. The van der Waals surface area contributed by atoms with E-state index in [0.717, 1.165) is 0 Å². The number of aromatic nitrogens is 2. The molecule has 6 nitrogen and oxygen atoms in total. The van der Waals surface area contributed by atoms with Crippen LogP contribution in [-0.4, -0.2) is 14.7 Å². The number of nitro groups is 1. The van der Waals surface area contributed by atoms with Crippen molar-refractivity contribution in [2.45, 2.75) is 6.92 Å². The largest absolute Gasteiger partial charge is 0.396 e. The van der Waals surface area contributed by atoms with Gasteiger partial charge in [-0.15, -0.1) is 0 Å². The molecule has 0 aliphatic heterocycles. The highest BCUT2D eigenvalue weighted by atomic mass is 16.6. The zero-order valence-electron chi connectivity index (χ0n) is 8.62. The normalized spacial score (nSPS) is 10.3. The molecule has 0 fully saturated rings. The third-order valence-electron chi connectivity index (χ3n) is 2.26. The molecule has 16 heavy (non-hydrogen) atoms. The first-order chi connectivity index (χ1) is 7.59. The lowest BCUT2D eigenvalue weighted by molar-refractivity contribution is -0.384. The molecule has 1 aromatic carbocycles. The third-order valence-corrected chi connectivity index (χ3v) is 2.26. The van der Waals surface area contributed by atoms with Gasteiger partial charge in [0.25, 0.3) is 5.69 Å². The van der Waals surface area contributed by atoms with Crippen molar-refractivity contribution >= 4 is 11.4 Å². The highest BCUT2D eigenvalue weighted by molar-refractivity contribution is 5.53. The Morgan fingerprint density at radius 1 is 1.44 bits per heavy atom. The Kier molecular flexibility index (Phi) is 2.32. The zero-order chi connectivity index (χ0) is 11.7. The van der Waals surface area contributed by atoms with Crippen LogP contribution in [-0.2, 0) is 0 Å². The Labute approximate surface area is 91.5 Å². The second-order valence-electron chi connectivity index (χ2n) is 3.36. The summed E-state index contributed by atoms with van der Waals surface area (Å²) < 4.78 is 1.42. The number of hydrogen-bond donors (Lipinski definition) is 1. The Morgan fingerprint density at radius 2 is 2.12 bits per heavy atom. The van der Waals surface area contributed by atoms with E-state index in [4.69, 9.17) is 5.73 Å².